The minimum Gasteiger partial charge on any atom is -0.327 e. The molecule has 2 unspecified atom stereocenters. The zero-order valence-electron chi connectivity index (χ0n) is 9.16. The Kier molecular flexibility index (Phi) is 4.49. The van der Waals surface area contributed by atoms with Crippen LogP contribution in [0.15, 0.2) is 24.3 Å². The Morgan fingerprint density at radius 1 is 1.29 bits per heavy atom. The van der Waals surface area contributed by atoms with Crippen molar-refractivity contribution >= 4 is 11.8 Å². The molecule has 2 atom stereocenters. The molecule has 1 nitrogen and oxygen atoms in total. The zero-order chi connectivity index (χ0) is 10.6. The first kappa shape index (κ1) is 11.6. The molecule has 78 valence electrons. The molecule has 2 heteroatoms. The molecule has 1 aromatic carbocycles. The van der Waals surface area contributed by atoms with Gasteiger partial charge in [-0.05, 0) is 25.0 Å². The number of rotatable bonds is 4. The molecule has 0 aliphatic heterocycles. The highest BCUT2D eigenvalue weighted by molar-refractivity contribution is 7.99. The van der Waals surface area contributed by atoms with Crippen LogP contribution in [-0.2, 0) is 5.75 Å². The van der Waals surface area contributed by atoms with Crippen molar-refractivity contribution in [2.24, 2.45) is 5.73 Å². The van der Waals surface area contributed by atoms with Crippen LogP contribution in [0, 0.1) is 6.92 Å². The van der Waals surface area contributed by atoms with E-state index in [1.807, 2.05) is 11.8 Å². The molecule has 0 aliphatic rings. The molecule has 0 saturated carbocycles. The number of aryl methyl sites for hydroxylation is 1. The van der Waals surface area contributed by atoms with Crippen LogP contribution in [0.5, 0.6) is 0 Å². The number of hydrogen-bond donors (Lipinski definition) is 1. The molecular weight excluding hydrogens is 190 g/mol. The van der Waals surface area contributed by atoms with Crippen molar-refractivity contribution in [3.8, 4) is 0 Å². The minimum atomic E-state index is 0.268. The van der Waals surface area contributed by atoms with Gasteiger partial charge in [0.05, 0.1) is 0 Å². The molecular formula is C12H19NS. The molecule has 1 aromatic rings. The predicted molar refractivity (Wildman–Crippen MR) is 65.6 cm³/mol. The summed E-state index contributed by atoms with van der Waals surface area (Å²) in [5, 5.41) is 0.523. The molecule has 2 N–H and O–H groups in total. The average Bonchev–Trinajstić information content (AvgIpc) is 2.16. The number of hydrogen-bond acceptors (Lipinski definition) is 2. The molecule has 1 rings (SSSR count). The third kappa shape index (κ3) is 3.35. The van der Waals surface area contributed by atoms with Crippen molar-refractivity contribution in [3.63, 3.8) is 0 Å². The Balaban J connectivity index is 2.50. The van der Waals surface area contributed by atoms with Crippen LogP contribution in [0.1, 0.15) is 25.0 Å². The summed E-state index contributed by atoms with van der Waals surface area (Å²) >= 11 is 1.93. The Labute approximate surface area is 91.1 Å². The lowest BCUT2D eigenvalue weighted by molar-refractivity contribution is 0.730. The number of nitrogens with two attached hydrogens (primary N) is 1. The van der Waals surface area contributed by atoms with Crippen LogP contribution in [0.3, 0.4) is 0 Å². The summed E-state index contributed by atoms with van der Waals surface area (Å²) in [5.74, 6) is 1.06. The van der Waals surface area contributed by atoms with Crippen molar-refractivity contribution in [1.82, 2.24) is 0 Å². The highest BCUT2D eigenvalue weighted by Gasteiger charge is 2.08. The van der Waals surface area contributed by atoms with E-state index in [9.17, 15) is 0 Å². The van der Waals surface area contributed by atoms with E-state index in [0.29, 0.717) is 5.25 Å². The third-order valence-electron chi connectivity index (χ3n) is 2.50. The van der Waals surface area contributed by atoms with E-state index >= 15 is 0 Å². The zero-order valence-corrected chi connectivity index (χ0v) is 9.97. The number of thioether (sulfide) groups is 1. The van der Waals surface area contributed by atoms with E-state index in [1.54, 1.807) is 0 Å². The average molecular weight is 209 g/mol. The van der Waals surface area contributed by atoms with Crippen molar-refractivity contribution in [2.75, 3.05) is 0 Å². The first-order valence-electron chi connectivity index (χ1n) is 5.03. The third-order valence-corrected chi connectivity index (χ3v) is 3.94. The van der Waals surface area contributed by atoms with Gasteiger partial charge in [-0.1, -0.05) is 31.2 Å². The second-order valence-electron chi connectivity index (χ2n) is 3.80. The van der Waals surface area contributed by atoms with Gasteiger partial charge in [0.2, 0.25) is 0 Å². The lowest BCUT2D eigenvalue weighted by atomic mass is 10.1. The molecule has 0 fully saturated rings. The van der Waals surface area contributed by atoms with E-state index in [1.165, 1.54) is 11.1 Å². The maximum absolute atomic E-state index is 5.82. The lowest BCUT2D eigenvalue weighted by Gasteiger charge is -2.15. The van der Waals surface area contributed by atoms with E-state index in [4.69, 9.17) is 5.73 Å². The first-order chi connectivity index (χ1) is 6.61. The highest BCUT2D eigenvalue weighted by Crippen LogP contribution is 2.21. The normalized spacial score (nSPS) is 15.1. The van der Waals surface area contributed by atoms with Crippen molar-refractivity contribution in [2.45, 2.75) is 37.8 Å². The molecule has 0 heterocycles. The molecule has 0 bridgehead atoms. The van der Waals surface area contributed by atoms with Gasteiger partial charge in [0.1, 0.15) is 0 Å². The Bertz CT molecular complexity index is 283. The Hall–Kier alpha value is -0.470. The Morgan fingerprint density at radius 2 is 1.93 bits per heavy atom. The van der Waals surface area contributed by atoms with Gasteiger partial charge in [-0.3, -0.25) is 0 Å². The van der Waals surface area contributed by atoms with Crippen LogP contribution in [0.25, 0.3) is 0 Å². The summed E-state index contributed by atoms with van der Waals surface area (Å²) in [4.78, 5) is 0. The maximum atomic E-state index is 5.82. The lowest BCUT2D eigenvalue weighted by Crippen LogP contribution is -2.26. The fourth-order valence-electron chi connectivity index (χ4n) is 1.15. The first-order valence-corrected chi connectivity index (χ1v) is 6.08. The monoisotopic (exact) mass is 209 g/mol. The molecule has 0 aliphatic carbocycles. The van der Waals surface area contributed by atoms with E-state index in [2.05, 4.69) is 45.0 Å². The van der Waals surface area contributed by atoms with Crippen LogP contribution < -0.4 is 5.73 Å². The summed E-state index contributed by atoms with van der Waals surface area (Å²) in [6.07, 6.45) is 0. The topological polar surface area (TPSA) is 26.0 Å². The quantitative estimate of drug-likeness (QED) is 0.825. The van der Waals surface area contributed by atoms with Crippen LogP contribution in [-0.4, -0.2) is 11.3 Å². The summed E-state index contributed by atoms with van der Waals surface area (Å²) < 4.78 is 0. The number of benzene rings is 1. The fraction of sp³-hybridized carbons (Fsp3) is 0.500. The second kappa shape index (κ2) is 5.42. The van der Waals surface area contributed by atoms with Gasteiger partial charge in [-0.15, -0.1) is 0 Å². The standard InChI is InChI=1S/C12H19NS/c1-9-6-4-5-7-12(9)8-14-11(3)10(2)13/h4-7,10-11H,8,13H2,1-3H3. The molecule has 0 amide bonds. The molecule has 0 radical (unpaired) electrons. The van der Waals surface area contributed by atoms with Gasteiger partial charge in [0.15, 0.2) is 0 Å². The summed E-state index contributed by atoms with van der Waals surface area (Å²) in [6.45, 7) is 6.41. The SMILES string of the molecule is Cc1ccccc1CSC(C)C(C)N. The van der Waals surface area contributed by atoms with Crippen LogP contribution in [0.2, 0.25) is 0 Å². The van der Waals surface area contributed by atoms with Crippen molar-refractivity contribution in [1.29, 1.82) is 0 Å². The fourth-order valence-corrected chi connectivity index (χ4v) is 2.21. The van der Waals surface area contributed by atoms with Gasteiger partial charge < -0.3 is 5.73 Å². The summed E-state index contributed by atoms with van der Waals surface area (Å²) in [7, 11) is 0. The van der Waals surface area contributed by atoms with Crippen molar-refractivity contribution < 1.29 is 0 Å². The smallest absolute Gasteiger partial charge is 0.0190 e. The van der Waals surface area contributed by atoms with Gasteiger partial charge >= 0.3 is 0 Å². The maximum Gasteiger partial charge on any atom is 0.0190 e. The predicted octanol–water partition coefficient (Wildman–Crippen LogP) is 2.96. The van der Waals surface area contributed by atoms with Gasteiger partial charge in [-0.25, -0.2) is 0 Å². The summed E-state index contributed by atoms with van der Waals surface area (Å²) in [6, 6.07) is 8.80. The molecule has 0 aromatic heterocycles. The van der Waals surface area contributed by atoms with Crippen molar-refractivity contribution in [3.05, 3.63) is 35.4 Å². The second-order valence-corrected chi connectivity index (χ2v) is 5.17. The van der Waals surface area contributed by atoms with Crippen LogP contribution >= 0.6 is 11.8 Å². The molecule has 0 saturated heterocycles. The Morgan fingerprint density at radius 3 is 2.50 bits per heavy atom. The van der Waals surface area contributed by atoms with Gasteiger partial charge in [-0.2, -0.15) is 11.8 Å². The van der Waals surface area contributed by atoms with Gasteiger partial charge in [0, 0.05) is 17.0 Å². The minimum absolute atomic E-state index is 0.268. The largest absolute Gasteiger partial charge is 0.327 e. The highest BCUT2D eigenvalue weighted by atomic mass is 32.2. The van der Waals surface area contributed by atoms with E-state index in [0.717, 1.165) is 5.75 Å². The van der Waals surface area contributed by atoms with E-state index < -0.39 is 0 Å². The molecule has 0 spiro atoms. The van der Waals surface area contributed by atoms with E-state index in [-0.39, 0.29) is 6.04 Å². The summed E-state index contributed by atoms with van der Waals surface area (Å²) in [5.41, 5.74) is 8.61. The van der Waals surface area contributed by atoms with Gasteiger partial charge in [0.25, 0.3) is 0 Å². The van der Waals surface area contributed by atoms with Crippen LogP contribution in [0.4, 0.5) is 0 Å². The molecule has 14 heavy (non-hydrogen) atoms.